The molecule has 1 fully saturated rings. The van der Waals surface area contributed by atoms with Crippen LogP contribution in [0.4, 0.5) is 13.2 Å². The zero-order chi connectivity index (χ0) is 19.5. The summed E-state index contributed by atoms with van der Waals surface area (Å²) in [6, 6.07) is 7.21. The van der Waals surface area contributed by atoms with Gasteiger partial charge in [-0.05, 0) is 36.8 Å². The normalized spacial score (nSPS) is 14.5. The summed E-state index contributed by atoms with van der Waals surface area (Å²) in [7, 11) is 0. The van der Waals surface area contributed by atoms with Crippen LogP contribution >= 0.6 is 24.0 Å². The van der Waals surface area contributed by atoms with E-state index in [1.165, 1.54) is 12.8 Å². The van der Waals surface area contributed by atoms with Crippen LogP contribution in [0.5, 0.6) is 0 Å². The number of aliphatic imine (C=N–C) groups is 1. The molecule has 2 rings (SSSR count). The van der Waals surface area contributed by atoms with Crippen LogP contribution in [0.2, 0.25) is 0 Å². The van der Waals surface area contributed by atoms with Crippen molar-refractivity contribution in [1.82, 2.24) is 10.6 Å². The lowest BCUT2D eigenvalue weighted by molar-refractivity contribution is -0.176. The van der Waals surface area contributed by atoms with Gasteiger partial charge in [0.25, 0.3) is 0 Å². The van der Waals surface area contributed by atoms with E-state index in [0.29, 0.717) is 31.2 Å². The molecule has 1 aliphatic carbocycles. The third-order valence-corrected chi connectivity index (χ3v) is 3.91. The highest BCUT2D eigenvalue weighted by molar-refractivity contribution is 14.0. The van der Waals surface area contributed by atoms with Crippen molar-refractivity contribution in [3.05, 3.63) is 35.4 Å². The number of halogens is 4. The number of nitrogens with zero attached hydrogens (tertiary/aromatic N) is 1. The molecule has 0 radical (unpaired) electrons. The fraction of sp³-hybridized carbons (Fsp3) is 0.632. The first kappa shape index (κ1) is 25.0. The van der Waals surface area contributed by atoms with Gasteiger partial charge in [-0.25, -0.2) is 4.99 Å². The van der Waals surface area contributed by atoms with Crippen molar-refractivity contribution in [1.29, 1.82) is 0 Å². The number of guanidine groups is 1. The first-order valence-corrected chi connectivity index (χ1v) is 9.28. The molecule has 1 aliphatic rings. The van der Waals surface area contributed by atoms with Gasteiger partial charge in [-0.3, -0.25) is 0 Å². The van der Waals surface area contributed by atoms with Crippen molar-refractivity contribution in [3.63, 3.8) is 0 Å². The summed E-state index contributed by atoms with van der Waals surface area (Å²) < 4.78 is 46.5. The van der Waals surface area contributed by atoms with E-state index >= 15 is 0 Å². The van der Waals surface area contributed by atoms with Crippen molar-refractivity contribution in [2.75, 3.05) is 32.9 Å². The van der Waals surface area contributed by atoms with E-state index in [1.54, 1.807) is 12.1 Å². The Morgan fingerprint density at radius 1 is 1.11 bits per heavy atom. The Morgan fingerprint density at radius 2 is 1.79 bits per heavy atom. The average molecular weight is 515 g/mol. The molecule has 0 atom stereocenters. The van der Waals surface area contributed by atoms with Gasteiger partial charge >= 0.3 is 6.18 Å². The predicted molar refractivity (Wildman–Crippen MR) is 114 cm³/mol. The maximum absolute atomic E-state index is 12.1. The summed E-state index contributed by atoms with van der Waals surface area (Å²) in [6.45, 7) is 4.11. The molecule has 5 nitrogen and oxygen atoms in total. The number of ether oxygens (including phenoxy) is 2. The number of hydrogen-bond acceptors (Lipinski definition) is 3. The lowest BCUT2D eigenvalue weighted by Gasteiger charge is -2.11. The van der Waals surface area contributed by atoms with Crippen molar-refractivity contribution in [2.24, 2.45) is 10.9 Å². The Bertz CT molecular complexity index is 579. The molecule has 0 bridgehead atoms. The molecule has 0 unspecified atom stereocenters. The second kappa shape index (κ2) is 13.2. The quantitative estimate of drug-likeness (QED) is 0.204. The van der Waals surface area contributed by atoms with E-state index in [9.17, 15) is 13.2 Å². The molecular formula is C19H29F3IN3O2. The Kier molecular flexibility index (Phi) is 11.8. The minimum absolute atomic E-state index is 0. The van der Waals surface area contributed by atoms with Crippen LogP contribution in [0, 0.1) is 5.92 Å². The van der Waals surface area contributed by atoms with Gasteiger partial charge in [0.1, 0.15) is 6.61 Å². The Labute approximate surface area is 181 Å². The number of alkyl halides is 3. The maximum Gasteiger partial charge on any atom is 0.411 e. The smallest absolute Gasteiger partial charge is 0.379 e. The van der Waals surface area contributed by atoms with Gasteiger partial charge in [-0.2, -0.15) is 13.2 Å². The molecule has 9 heteroatoms. The zero-order valence-electron chi connectivity index (χ0n) is 16.1. The van der Waals surface area contributed by atoms with Gasteiger partial charge in [0.15, 0.2) is 5.96 Å². The van der Waals surface area contributed by atoms with Crippen molar-refractivity contribution >= 4 is 29.9 Å². The lowest BCUT2D eigenvalue weighted by Crippen LogP contribution is -2.39. The van der Waals surface area contributed by atoms with Crippen LogP contribution in [0.15, 0.2) is 29.3 Å². The molecule has 0 heterocycles. The van der Waals surface area contributed by atoms with Gasteiger partial charge in [0.05, 0.1) is 19.8 Å². The van der Waals surface area contributed by atoms with E-state index < -0.39 is 12.8 Å². The minimum Gasteiger partial charge on any atom is -0.379 e. The van der Waals surface area contributed by atoms with Crippen LogP contribution in [0.25, 0.3) is 0 Å². The second-order valence-corrected chi connectivity index (χ2v) is 6.56. The van der Waals surface area contributed by atoms with Gasteiger partial charge in [0, 0.05) is 19.7 Å². The van der Waals surface area contributed by atoms with Crippen LogP contribution in [-0.2, 0) is 22.6 Å². The monoisotopic (exact) mass is 515 g/mol. The maximum atomic E-state index is 12.1. The predicted octanol–water partition coefficient (Wildman–Crippen LogP) is 3.87. The first-order chi connectivity index (χ1) is 13.0. The molecule has 0 aliphatic heterocycles. The highest BCUT2D eigenvalue weighted by Crippen LogP contribution is 2.28. The van der Waals surface area contributed by atoms with Crippen LogP contribution in [-0.4, -0.2) is 45.0 Å². The first-order valence-electron chi connectivity index (χ1n) is 9.28. The highest BCUT2D eigenvalue weighted by atomic mass is 127. The molecule has 2 N–H and O–H groups in total. The number of rotatable bonds is 11. The number of nitrogens with one attached hydrogen (secondary N) is 2. The molecule has 28 heavy (non-hydrogen) atoms. The van der Waals surface area contributed by atoms with E-state index in [4.69, 9.17) is 4.74 Å². The topological polar surface area (TPSA) is 54.9 Å². The molecule has 0 spiro atoms. The fourth-order valence-electron chi connectivity index (χ4n) is 2.31. The van der Waals surface area contributed by atoms with Crippen molar-refractivity contribution in [3.8, 4) is 0 Å². The van der Waals surface area contributed by atoms with Crippen molar-refractivity contribution < 1.29 is 22.6 Å². The molecule has 0 aromatic heterocycles. The number of hydrogen-bond donors (Lipinski definition) is 2. The van der Waals surface area contributed by atoms with E-state index in [2.05, 4.69) is 20.4 Å². The Hall–Kier alpha value is -1.07. The standard InChI is InChI=1S/C19H28F3N3O2.HI/c1-2-23-18(24-9-10-26-12-16-7-8-16)25-11-15-3-5-17(6-4-15)13-27-14-19(20,21)22;/h3-6,16H,2,7-14H2,1H3,(H2,23,24,25);1H. The fourth-order valence-corrected chi connectivity index (χ4v) is 2.31. The second-order valence-electron chi connectivity index (χ2n) is 6.56. The minimum atomic E-state index is -4.30. The summed E-state index contributed by atoms with van der Waals surface area (Å²) in [5.74, 6) is 1.47. The van der Waals surface area contributed by atoms with Crippen LogP contribution < -0.4 is 10.6 Å². The third-order valence-electron chi connectivity index (χ3n) is 3.91. The van der Waals surface area contributed by atoms with E-state index in [-0.39, 0.29) is 30.6 Å². The molecule has 160 valence electrons. The third kappa shape index (κ3) is 11.7. The molecular weight excluding hydrogens is 486 g/mol. The summed E-state index contributed by atoms with van der Waals surface area (Å²) in [6.07, 6.45) is -1.73. The summed E-state index contributed by atoms with van der Waals surface area (Å²) >= 11 is 0. The van der Waals surface area contributed by atoms with Crippen molar-refractivity contribution in [2.45, 2.75) is 39.1 Å². The van der Waals surface area contributed by atoms with Gasteiger partial charge in [-0.1, -0.05) is 24.3 Å². The summed E-state index contributed by atoms with van der Waals surface area (Å²) in [5.41, 5.74) is 1.67. The molecule has 1 saturated carbocycles. The summed E-state index contributed by atoms with van der Waals surface area (Å²) in [5, 5.41) is 6.40. The Balaban J connectivity index is 0.00000392. The molecule has 1 aromatic rings. The number of benzene rings is 1. The molecule has 1 aromatic carbocycles. The van der Waals surface area contributed by atoms with E-state index in [0.717, 1.165) is 24.6 Å². The van der Waals surface area contributed by atoms with Gasteiger partial charge in [-0.15, -0.1) is 24.0 Å². The van der Waals surface area contributed by atoms with Gasteiger partial charge in [0.2, 0.25) is 0 Å². The van der Waals surface area contributed by atoms with Crippen LogP contribution in [0.3, 0.4) is 0 Å². The van der Waals surface area contributed by atoms with Gasteiger partial charge < -0.3 is 20.1 Å². The zero-order valence-corrected chi connectivity index (χ0v) is 18.4. The SMILES string of the molecule is CCNC(=NCc1ccc(COCC(F)(F)F)cc1)NCCOCC1CC1.I. The van der Waals surface area contributed by atoms with E-state index in [1.807, 2.05) is 19.1 Å². The highest BCUT2D eigenvalue weighted by Gasteiger charge is 2.27. The Morgan fingerprint density at radius 3 is 2.39 bits per heavy atom. The van der Waals surface area contributed by atoms with Crippen LogP contribution in [0.1, 0.15) is 30.9 Å². The average Bonchev–Trinajstić information content (AvgIpc) is 3.43. The molecule has 0 saturated heterocycles. The lowest BCUT2D eigenvalue weighted by atomic mass is 10.1. The molecule has 0 amide bonds. The summed E-state index contributed by atoms with van der Waals surface area (Å²) in [4.78, 5) is 4.51. The largest absolute Gasteiger partial charge is 0.411 e.